The molecule has 4 nitrogen and oxygen atoms in total. The number of hydrogen-bond acceptors (Lipinski definition) is 3. The number of nitrogens with zero attached hydrogens (tertiary/aromatic N) is 2. The van der Waals surface area contributed by atoms with E-state index >= 15 is 0 Å². The Hall–Kier alpha value is -3.08. The lowest BCUT2D eigenvalue weighted by Crippen LogP contribution is -2.29. The number of fused-ring (bicyclic) bond motifs is 1. The van der Waals surface area contributed by atoms with E-state index in [0.29, 0.717) is 12.5 Å². The number of benzene rings is 3. The molecule has 4 aromatic rings. The van der Waals surface area contributed by atoms with Gasteiger partial charge in [0.15, 0.2) is 0 Å². The molecule has 1 aromatic heterocycles. The van der Waals surface area contributed by atoms with Crippen LogP contribution in [0.25, 0.3) is 10.9 Å². The van der Waals surface area contributed by atoms with Crippen LogP contribution < -0.4 is 10.5 Å². The van der Waals surface area contributed by atoms with Gasteiger partial charge in [0.25, 0.3) is 5.56 Å². The fraction of sp³-hybridized carbons (Fsp3) is 0.382. The molecule has 1 heterocycles. The molecular weight excluding hydrogens is 502 g/mol. The maximum atomic E-state index is 13.2. The van der Waals surface area contributed by atoms with Crippen LogP contribution in [-0.4, -0.2) is 24.0 Å². The van der Waals surface area contributed by atoms with E-state index in [-0.39, 0.29) is 17.0 Å². The SMILES string of the molecule is CC(c1ccc(N(C)C)c(Cl)c1)N(Cc1ccc(C(C)(C)C)cc1)Cc1cc2cc(C3CC3)ccc2[nH]c1=O. The van der Waals surface area contributed by atoms with E-state index in [1.807, 2.05) is 19.0 Å². The lowest BCUT2D eigenvalue weighted by atomic mass is 9.86. The topological polar surface area (TPSA) is 39.3 Å². The van der Waals surface area contributed by atoms with Gasteiger partial charge < -0.3 is 9.88 Å². The Morgan fingerprint density at radius 1 is 0.949 bits per heavy atom. The number of hydrogen-bond donors (Lipinski definition) is 1. The molecule has 1 aliphatic carbocycles. The van der Waals surface area contributed by atoms with Gasteiger partial charge in [-0.1, -0.05) is 68.8 Å². The first-order valence-corrected chi connectivity index (χ1v) is 14.3. The van der Waals surface area contributed by atoms with E-state index in [0.717, 1.165) is 39.3 Å². The minimum absolute atomic E-state index is 0.0251. The van der Waals surface area contributed by atoms with Gasteiger partial charge in [-0.15, -0.1) is 0 Å². The van der Waals surface area contributed by atoms with Crippen molar-refractivity contribution in [3.8, 4) is 0 Å². The summed E-state index contributed by atoms with van der Waals surface area (Å²) >= 11 is 6.67. The summed E-state index contributed by atoms with van der Waals surface area (Å²) in [5.41, 5.74) is 7.80. The Kier molecular flexibility index (Phi) is 7.63. The van der Waals surface area contributed by atoms with Crippen molar-refractivity contribution >= 4 is 28.2 Å². The third-order valence-corrected chi connectivity index (χ3v) is 8.36. The highest BCUT2D eigenvalue weighted by atomic mass is 35.5. The molecule has 5 heteroatoms. The Morgan fingerprint density at radius 2 is 1.67 bits per heavy atom. The molecule has 0 radical (unpaired) electrons. The van der Waals surface area contributed by atoms with Crippen molar-refractivity contribution in [2.45, 2.75) is 71.0 Å². The van der Waals surface area contributed by atoms with Crippen molar-refractivity contribution in [2.24, 2.45) is 0 Å². The van der Waals surface area contributed by atoms with Gasteiger partial charge in [0.2, 0.25) is 0 Å². The normalized spacial score (nSPS) is 14.7. The largest absolute Gasteiger partial charge is 0.376 e. The Balaban J connectivity index is 1.49. The van der Waals surface area contributed by atoms with Crippen molar-refractivity contribution in [3.05, 3.63) is 110 Å². The summed E-state index contributed by atoms with van der Waals surface area (Å²) in [6.07, 6.45) is 2.52. The molecule has 0 saturated heterocycles. The van der Waals surface area contributed by atoms with Crippen LogP contribution in [0.5, 0.6) is 0 Å². The number of pyridine rings is 1. The van der Waals surface area contributed by atoms with Crippen molar-refractivity contribution in [2.75, 3.05) is 19.0 Å². The second kappa shape index (κ2) is 10.8. The second-order valence-corrected chi connectivity index (χ2v) is 12.8. The van der Waals surface area contributed by atoms with Crippen LogP contribution in [0.1, 0.15) is 80.3 Å². The Morgan fingerprint density at radius 3 is 2.28 bits per heavy atom. The van der Waals surface area contributed by atoms with Gasteiger partial charge in [-0.3, -0.25) is 9.69 Å². The molecule has 1 atom stereocenters. The van der Waals surface area contributed by atoms with Crippen molar-refractivity contribution in [1.29, 1.82) is 0 Å². The van der Waals surface area contributed by atoms with E-state index in [1.165, 1.54) is 29.5 Å². The molecule has 3 aromatic carbocycles. The summed E-state index contributed by atoms with van der Waals surface area (Å²) in [7, 11) is 4.00. The van der Waals surface area contributed by atoms with Gasteiger partial charge in [-0.25, -0.2) is 0 Å². The third kappa shape index (κ3) is 6.23. The minimum Gasteiger partial charge on any atom is -0.376 e. The molecule has 204 valence electrons. The summed E-state index contributed by atoms with van der Waals surface area (Å²) < 4.78 is 0. The van der Waals surface area contributed by atoms with E-state index in [2.05, 4.69) is 104 Å². The quantitative estimate of drug-likeness (QED) is 0.244. The number of halogens is 1. The van der Waals surface area contributed by atoms with E-state index in [9.17, 15) is 4.79 Å². The zero-order valence-corrected chi connectivity index (χ0v) is 24.8. The van der Waals surface area contributed by atoms with E-state index < -0.39 is 0 Å². The fourth-order valence-electron chi connectivity index (χ4n) is 5.31. The summed E-state index contributed by atoms with van der Waals surface area (Å²) in [6.45, 7) is 10.2. The zero-order valence-electron chi connectivity index (χ0n) is 24.0. The zero-order chi connectivity index (χ0) is 27.9. The minimum atomic E-state index is -0.0251. The van der Waals surface area contributed by atoms with Crippen LogP contribution in [-0.2, 0) is 18.5 Å². The van der Waals surface area contributed by atoms with Crippen molar-refractivity contribution in [3.63, 3.8) is 0 Å². The Bertz CT molecular complexity index is 1530. The molecule has 0 bridgehead atoms. The standard InChI is InChI=1S/C34H40ClN3O/c1-22(25-12-16-32(37(5)6)30(35)19-25)38(20-23-7-13-29(14-8-23)34(2,3)4)21-28-18-27-17-26(24-9-10-24)11-15-31(27)36-33(28)39/h7-8,11-19,22,24H,9-10,20-21H2,1-6H3,(H,36,39). The first-order chi connectivity index (χ1) is 18.5. The molecule has 0 aliphatic heterocycles. The summed E-state index contributed by atoms with van der Waals surface area (Å²) in [5.74, 6) is 0.673. The number of aromatic nitrogens is 1. The van der Waals surface area contributed by atoms with E-state index in [4.69, 9.17) is 11.6 Å². The molecule has 0 amide bonds. The number of H-pyrrole nitrogens is 1. The van der Waals surface area contributed by atoms with Gasteiger partial charge in [0.05, 0.1) is 10.7 Å². The first-order valence-electron chi connectivity index (χ1n) is 14.0. The monoisotopic (exact) mass is 541 g/mol. The summed E-state index contributed by atoms with van der Waals surface area (Å²) in [5, 5.41) is 1.84. The molecule has 39 heavy (non-hydrogen) atoms. The van der Waals surface area contributed by atoms with Gasteiger partial charge in [0.1, 0.15) is 0 Å². The molecule has 5 rings (SSSR count). The lowest BCUT2D eigenvalue weighted by molar-refractivity contribution is 0.191. The number of aromatic amines is 1. The number of rotatable bonds is 8. The molecule has 1 saturated carbocycles. The maximum absolute atomic E-state index is 13.2. The highest BCUT2D eigenvalue weighted by Crippen LogP contribution is 2.40. The van der Waals surface area contributed by atoms with Crippen LogP contribution >= 0.6 is 11.6 Å². The highest BCUT2D eigenvalue weighted by molar-refractivity contribution is 6.33. The van der Waals surface area contributed by atoms with Crippen molar-refractivity contribution < 1.29 is 0 Å². The summed E-state index contributed by atoms with van der Waals surface area (Å²) in [4.78, 5) is 20.8. The molecule has 1 unspecified atom stereocenters. The first kappa shape index (κ1) is 27.5. The maximum Gasteiger partial charge on any atom is 0.252 e. The number of anilines is 1. The van der Waals surface area contributed by atoms with Crippen LogP contribution in [0, 0.1) is 0 Å². The van der Waals surface area contributed by atoms with Gasteiger partial charge in [0, 0.05) is 44.3 Å². The van der Waals surface area contributed by atoms with Crippen molar-refractivity contribution in [1.82, 2.24) is 9.88 Å². The van der Waals surface area contributed by atoms with Gasteiger partial charge >= 0.3 is 0 Å². The summed E-state index contributed by atoms with van der Waals surface area (Å²) in [6, 6.07) is 23.8. The molecule has 1 aliphatic rings. The van der Waals surface area contributed by atoms with Crippen LogP contribution in [0.4, 0.5) is 5.69 Å². The Labute approximate surface area is 237 Å². The molecule has 0 spiro atoms. The highest BCUT2D eigenvalue weighted by Gasteiger charge is 2.24. The van der Waals surface area contributed by atoms with Gasteiger partial charge in [-0.05, 0) is 89.1 Å². The average Bonchev–Trinajstić information content (AvgIpc) is 3.73. The average molecular weight is 542 g/mol. The van der Waals surface area contributed by atoms with Crippen LogP contribution in [0.3, 0.4) is 0 Å². The fourth-order valence-corrected chi connectivity index (χ4v) is 5.67. The molecule has 1 N–H and O–H groups in total. The molecular formula is C34H40ClN3O. The third-order valence-electron chi connectivity index (χ3n) is 8.06. The second-order valence-electron chi connectivity index (χ2n) is 12.4. The number of nitrogens with one attached hydrogen (secondary N) is 1. The van der Waals surface area contributed by atoms with Crippen LogP contribution in [0.2, 0.25) is 5.02 Å². The predicted molar refractivity (Wildman–Crippen MR) is 165 cm³/mol. The van der Waals surface area contributed by atoms with Crippen LogP contribution in [0.15, 0.2) is 71.5 Å². The lowest BCUT2D eigenvalue weighted by Gasteiger charge is -2.30. The predicted octanol–water partition coefficient (Wildman–Crippen LogP) is 8.19. The smallest absolute Gasteiger partial charge is 0.252 e. The van der Waals surface area contributed by atoms with Gasteiger partial charge in [-0.2, -0.15) is 0 Å². The van der Waals surface area contributed by atoms with E-state index in [1.54, 1.807) is 0 Å². The molecule has 1 fully saturated rings.